The SMILES string of the molecule is COc1ccc(-c2ccc([C@H](C)N3CCC(CCCO)(c4ccccc4)CC3=O)cc2)cn1. The van der Waals surface area contributed by atoms with Gasteiger partial charge < -0.3 is 14.7 Å². The van der Waals surface area contributed by atoms with Crippen molar-refractivity contribution in [3.05, 3.63) is 84.1 Å². The van der Waals surface area contributed by atoms with E-state index in [2.05, 4.69) is 48.3 Å². The zero-order valence-electron chi connectivity index (χ0n) is 19.4. The molecule has 1 aromatic heterocycles. The average Bonchev–Trinajstić information content (AvgIpc) is 2.88. The van der Waals surface area contributed by atoms with Crippen LogP contribution in [-0.4, -0.2) is 41.2 Å². The van der Waals surface area contributed by atoms with Gasteiger partial charge in [0.15, 0.2) is 0 Å². The van der Waals surface area contributed by atoms with Gasteiger partial charge in [0.25, 0.3) is 0 Å². The summed E-state index contributed by atoms with van der Waals surface area (Å²) >= 11 is 0. The smallest absolute Gasteiger partial charge is 0.223 e. The zero-order valence-corrected chi connectivity index (χ0v) is 19.4. The third-order valence-corrected chi connectivity index (χ3v) is 6.98. The molecule has 5 nitrogen and oxygen atoms in total. The molecule has 172 valence electrons. The second-order valence-corrected chi connectivity index (χ2v) is 8.87. The van der Waals surface area contributed by atoms with Crippen LogP contribution in [-0.2, 0) is 10.2 Å². The number of benzene rings is 2. The van der Waals surface area contributed by atoms with E-state index < -0.39 is 0 Å². The number of amides is 1. The fourth-order valence-corrected chi connectivity index (χ4v) is 4.97. The van der Waals surface area contributed by atoms with Gasteiger partial charge >= 0.3 is 0 Å². The van der Waals surface area contributed by atoms with Crippen LogP contribution < -0.4 is 4.74 Å². The van der Waals surface area contributed by atoms with Crippen molar-refractivity contribution in [2.45, 2.75) is 44.1 Å². The van der Waals surface area contributed by atoms with Crippen molar-refractivity contribution in [2.75, 3.05) is 20.3 Å². The molecule has 33 heavy (non-hydrogen) atoms. The number of pyridine rings is 1. The maximum atomic E-state index is 13.4. The van der Waals surface area contributed by atoms with Gasteiger partial charge in [-0.05, 0) is 48.9 Å². The minimum atomic E-state index is -0.192. The minimum absolute atomic E-state index is 0.00663. The molecule has 4 rings (SSSR count). The van der Waals surface area contributed by atoms with Gasteiger partial charge in [-0.2, -0.15) is 0 Å². The number of aromatic nitrogens is 1. The summed E-state index contributed by atoms with van der Waals surface area (Å²) in [6.07, 6.45) is 4.73. The summed E-state index contributed by atoms with van der Waals surface area (Å²) < 4.78 is 5.14. The van der Waals surface area contributed by atoms with Crippen LogP contribution in [0.2, 0.25) is 0 Å². The number of carbonyl (C=O) groups excluding carboxylic acids is 1. The molecule has 1 amide bonds. The fourth-order valence-electron chi connectivity index (χ4n) is 4.97. The van der Waals surface area contributed by atoms with Gasteiger partial charge in [-0.1, -0.05) is 54.6 Å². The minimum Gasteiger partial charge on any atom is -0.481 e. The van der Waals surface area contributed by atoms with Crippen LogP contribution in [0.5, 0.6) is 5.88 Å². The lowest BCUT2D eigenvalue weighted by molar-refractivity contribution is -0.138. The molecule has 0 aliphatic carbocycles. The van der Waals surface area contributed by atoms with Crippen molar-refractivity contribution in [2.24, 2.45) is 0 Å². The van der Waals surface area contributed by atoms with Gasteiger partial charge in [0.05, 0.1) is 13.2 Å². The van der Waals surface area contributed by atoms with Crippen LogP contribution in [0.1, 0.15) is 49.8 Å². The quantitative estimate of drug-likeness (QED) is 0.522. The Balaban J connectivity index is 1.49. The number of piperidine rings is 1. The second kappa shape index (κ2) is 10.2. The van der Waals surface area contributed by atoms with Gasteiger partial charge in [-0.3, -0.25) is 4.79 Å². The average molecular weight is 445 g/mol. The first-order valence-electron chi connectivity index (χ1n) is 11.6. The van der Waals surface area contributed by atoms with Crippen molar-refractivity contribution in [3.63, 3.8) is 0 Å². The zero-order chi connectivity index (χ0) is 23.3. The highest BCUT2D eigenvalue weighted by Crippen LogP contribution is 2.42. The predicted molar refractivity (Wildman–Crippen MR) is 130 cm³/mol. The van der Waals surface area contributed by atoms with Gasteiger partial charge in [0.1, 0.15) is 0 Å². The van der Waals surface area contributed by atoms with E-state index in [1.807, 2.05) is 35.2 Å². The largest absolute Gasteiger partial charge is 0.481 e. The molecule has 1 saturated heterocycles. The number of aliphatic hydroxyl groups is 1. The molecule has 0 saturated carbocycles. The summed E-state index contributed by atoms with van der Waals surface area (Å²) in [5, 5.41) is 9.44. The van der Waals surface area contributed by atoms with E-state index in [1.165, 1.54) is 5.56 Å². The highest BCUT2D eigenvalue weighted by atomic mass is 16.5. The Hall–Kier alpha value is -3.18. The van der Waals surface area contributed by atoms with Crippen LogP contribution in [0.15, 0.2) is 72.9 Å². The molecule has 2 atom stereocenters. The Morgan fingerprint density at radius 3 is 2.39 bits per heavy atom. The maximum Gasteiger partial charge on any atom is 0.223 e. The van der Waals surface area contributed by atoms with Crippen LogP contribution in [0, 0.1) is 0 Å². The van der Waals surface area contributed by atoms with Gasteiger partial charge in [0, 0.05) is 42.8 Å². The number of ether oxygens (including phenoxy) is 1. The number of aliphatic hydroxyl groups excluding tert-OH is 1. The lowest BCUT2D eigenvalue weighted by atomic mass is 9.69. The monoisotopic (exact) mass is 444 g/mol. The summed E-state index contributed by atoms with van der Waals surface area (Å²) in [5.41, 5.74) is 4.24. The Bertz CT molecular complexity index is 1050. The standard InChI is InChI=1S/C28H32N2O3/c1-21(22-9-11-23(12-10-22)24-13-14-26(33-2)29-20-24)30-17-16-28(15-6-18-31,19-27(30)32)25-7-4-3-5-8-25/h3-5,7-14,20-21,31H,6,15-19H2,1-2H3/t21-,28?/m0/s1. The first-order chi connectivity index (χ1) is 16.1. The molecular formula is C28H32N2O3. The number of likely N-dealkylation sites (tertiary alicyclic amines) is 1. The predicted octanol–water partition coefficient (Wildman–Crippen LogP) is 5.15. The number of hydrogen-bond acceptors (Lipinski definition) is 4. The van der Waals surface area contributed by atoms with E-state index in [-0.39, 0.29) is 24.0 Å². The van der Waals surface area contributed by atoms with Gasteiger partial charge in [-0.25, -0.2) is 4.98 Å². The Morgan fingerprint density at radius 2 is 1.79 bits per heavy atom. The van der Waals surface area contributed by atoms with Crippen molar-refractivity contribution in [1.29, 1.82) is 0 Å². The van der Waals surface area contributed by atoms with Crippen LogP contribution in [0.4, 0.5) is 0 Å². The summed E-state index contributed by atoms with van der Waals surface area (Å²) in [6, 6.07) is 22.5. The van der Waals surface area contributed by atoms with Crippen molar-refractivity contribution < 1.29 is 14.6 Å². The molecule has 1 fully saturated rings. The van der Waals surface area contributed by atoms with E-state index >= 15 is 0 Å². The topological polar surface area (TPSA) is 62.7 Å². The number of methoxy groups -OCH3 is 1. The molecule has 1 aliphatic rings. The molecule has 3 aromatic rings. The number of carbonyl (C=O) groups is 1. The molecule has 1 N–H and O–H groups in total. The van der Waals surface area contributed by atoms with Crippen molar-refractivity contribution in [1.82, 2.24) is 9.88 Å². The van der Waals surface area contributed by atoms with Gasteiger partial charge in [-0.15, -0.1) is 0 Å². The molecule has 2 heterocycles. The summed E-state index contributed by atoms with van der Waals surface area (Å²) in [6.45, 7) is 2.97. The lowest BCUT2D eigenvalue weighted by Gasteiger charge is -2.44. The highest BCUT2D eigenvalue weighted by molar-refractivity contribution is 5.79. The molecule has 0 radical (unpaired) electrons. The summed E-state index contributed by atoms with van der Waals surface area (Å²) in [5.74, 6) is 0.775. The lowest BCUT2D eigenvalue weighted by Crippen LogP contribution is -2.47. The molecule has 1 unspecified atom stereocenters. The van der Waals surface area contributed by atoms with Gasteiger partial charge in [0.2, 0.25) is 11.8 Å². The van der Waals surface area contributed by atoms with E-state index in [1.54, 1.807) is 13.3 Å². The van der Waals surface area contributed by atoms with E-state index in [4.69, 9.17) is 4.74 Å². The van der Waals surface area contributed by atoms with Crippen LogP contribution in [0.3, 0.4) is 0 Å². The highest BCUT2D eigenvalue weighted by Gasteiger charge is 2.41. The Labute approximate surface area is 196 Å². The van der Waals surface area contributed by atoms with E-state index in [0.717, 1.165) is 29.5 Å². The molecule has 0 spiro atoms. The Morgan fingerprint density at radius 1 is 1.06 bits per heavy atom. The van der Waals surface area contributed by atoms with Crippen molar-refractivity contribution >= 4 is 5.91 Å². The summed E-state index contributed by atoms with van der Waals surface area (Å²) in [7, 11) is 1.61. The van der Waals surface area contributed by atoms with Crippen LogP contribution in [0.25, 0.3) is 11.1 Å². The molecular weight excluding hydrogens is 412 g/mol. The maximum absolute atomic E-state index is 13.4. The third kappa shape index (κ3) is 4.93. The molecule has 5 heteroatoms. The van der Waals surface area contributed by atoms with Crippen molar-refractivity contribution in [3.8, 4) is 17.0 Å². The van der Waals surface area contributed by atoms with E-state index in [9.17, 15) is 9.90 Å². The summed E-state index contributed by atoms with van der Waals surface area (Å²) in [4.78, 5) is 19.6. The number of nitrogens with zero attached hydrogens (tertiary/aromatic N) is 2. The number of rotatable bonds is 8. The number of hydrogen-bond donors (Lipinski definition) is 1. The third-order valence-electron chi connectivity index (χ3n) is 6.98. The molecule has 2 aromatic carbocycles. The fraction of sp³-hybridized carbons (Fsp3) is 0.357. The normalized spacial score (nSPS) is 19.4. The first-order valence-corrected chi connectivity index (χ1v) is 11.6. The Kier molecular flexibility index (Phi) is 7.09. The van der Waals surface area contributed by atoms with E-state index in [0.29, 0.717) is 25.3 Å². The second-order valence-electron chi connectivity index (χ2n) is 8.87. The molecule has 0 bridgehead atoms. The van der Waals surface area contributed by atoms with Crippen LogP contribution >= 0.6 is 0 Å². The first kappa shape index (κ1) is 23.0. The molecule has 1 aliphatic heterocycles.